The lowest BCUT2D eigenvalue weighted by atomic mass is 10.2. The Hall–Kier alpha value is -1.81. The molecule has 0 aliphatic heterocycles. The quantitative estimate of drug-likeness (QED) is 0.653. The predicted octanol–water partition coefficient (Wildman–Crippen LogP) is 3.17. The van der Waals surface area contributed by atoms with Crippen LogP contribution in [0.5, 0.6) is 0 Å². The molecule has 0 radical (unpaired) electrons. The average Bonchev–Trinajstić information content (AvgIpc) is 2.92. The second-order valence-corrected chi connectivity index (χ2v) is 4.46. The van der Waals surface area contributed by atoms with Crippen LogP contribution < -0.4 is 0 Å². The van der Waals surface area contributed by atoms with Crippen molar-refractivity contribution in [1.82, 2.24) is 4.98 Å². The van der Waals surface area contributed by atoms with E-state index in [4.69, 9.17) is 4.74 Å². The van der Waals surface area contributed by atoms with Crippen molar-refractivity contribution in [3.63, 3.8) is 0 Å². The van der Waals surface area contributed by atoms with E-state index in [-0.39, 0.29) is 5.97 Å². The highest BCUT2D eigenvalue weighted by Gasteiger charge is 2.11. The van der Waals surface area contributed by atoms with Crippen molar-refractivity contribution in [2.45, 2.75) is 0 Å². The summed E-state index contributed by atoms with van der Waals surface area (Å²) in [7, 11) is 1.38. The maximum absolute atomic E-state index is 11.4. The monoisotopic (exact) mass is 231 g/mol. The number of nitrogens with one attached hydrogen (secondary N) is 1. The largest absolute Gasteiger partial charge is 0.464 e. The third kappa shape index (κ3) is 1.23. The molecule has 3 nitrogen and oxygen atoms in total. The van der Waals surface area contributed by atoms with Gasteiger partial charge in [0, 0.05) is 5.39 Å². The number of fused-ring (bicyclic) bond motifs is 3. The van der Waals surface area contributed by atoms with Gasteiger partial charge in [0.05, 0.1) is 17.3 Å². The Morgan fingerprint density at radius 3 is 2.94 bits per heavy atom. The lowest BCUT2D eigenvalue weighted by Gasteiger charge is -1.93. The molecule has 0 saturated carbocycles. The molecule has 16 heavy (non-hydrogen) atoms. The molecule has 0 amide bonds. The number of thiophene rings is 1. The van der Waals surface area contributed by atoms with E-state index in [0.717, 1.165) is 10.9 Å². The van der Waals surface area contributed by atoms with Gasteiger partial charge in [0.15, 0.2) is 0 Å². The number of aromatic amines is 1. The van der Waals surface area contributed by atoms with E-state index in [1.165, 1.54) is 17.2 Å². The van der Waals surface area contributed by atoms with Gasteiger partial charge in [-0.05, 0) is 22.9 Å². The van der Waals surface area contributed by atoms with E-state index in [1.807, 2.05) is 17.5 Å². The Labute approximate surface area is 95.6 Å². The molecule has 1 aromatic carbocycles. The van der Waals surface area contributed by atoms with E-state index in [1.54, 1.807) is 11.3 Å². The number of benzene rings is 1. The third-order valence-corrected chi connectivity index (χ3v) is 3.57. The van der Waals surface area contributed by atoms with Gasteiger partial charge in [0.2, 0.25) is 0 Å². The number of carbonyl (C=O) groups excluding carboxylic acids is 1. The smallest absolute Gasteiger partial charge is 0.354 e. The molecule has 0 unspecified atom stereocenters. The van der Waals surface area contributed by atoms with Gasteiger partial charge >= 0.3 is 5.97 Å². The molecule has 0 aliphatic carbocycles. The molecular weight excluding hydrogens is 222 g/mol. The average molecular weight is 231 g/mol. The van der Waals surface area contributed by atoms with Crippen LogP contribution in [0.2, 0.25) is 0 Å². The zero-order chi connectivity index (χ0) is 11.1. The van der Waals surface area contributed by atoms with Crippen LogP contribution in [0.1, 0.15) is 10.5 Å². The first-order valence-electron chi connectivity index (χ1n) is 4.87. The molecule has 0 spiro atoms. The molecule has 3 aromatic rings. The lowest BCUT2D eigenvalue weighted by Crippen LogP contribution is -2.00. The fraction of sp³-hybridized carbons (Fsp3) is 0.0833. The number of aromatic nitrogens is 1. The highest BCUT2D eigenvalue weighted by Crippen LogP contribution is 2.29. The van der Waals surface area contributed by atoms with E-state index < -0.39 is 0 Å². The number of esters is 1. The van der Waals surface area contributed by atoms with Gasteiger partial charge in [-0.3, -0.25) is 0 Å². The fourth-order valence-electron chi connectivity index (χ4n) is 1.84. The van der Waals surface area contributed by atoms with Crippen molar-refractivity contribution < 1.29 is 9.53 Å². The van der Waals surface area contributed by atoms with Gasteiger partial charge in [-0.25, -0.2) is 4.79 Å². The molecular formula is C12H9NO2S. The Morgan fingerprint density at radius 1 is 1.31 bits per heavy atom. The van der Waals surface area contributed by atoms with Gasteiger partial charge in [-0.1, -0.05) is 12.1 Å². The van der Waals surface area contributed by atoms with Gasteiger partial charge in [-0.2, -0.15) is 0 Å². The van der Waals surface area contributed by atoms with Gasteiger partial charge < -0.3 is 9.72 Å². The van der Waals surface area contributed by atoms with Crippen LogP contribution in [-0.4, -0.2) is 18.1 Å². The summed E-state index contributed by atoms with van der Waals surface area (Å²) >= 11 is 1.67. The lowest BCUT2D eigenvalue weighted by molar-refractivity contribution is 0.0595. The standard InChI is InChI=1S/C12H9NO2S/c1-15-12(14)9-6-8-3-2-7-4-5-16-11(7)10(8)13-9/h2-6,13H,1H3. The number of H-pyrrole nitrogens is 1. The van der Waals surface area contributed by atoms with Crippen molar-refractivity contribution in [3.8, 4) is 0 Å². The molecule has 80 valence electrons. The van der Waals surface area contributed by atoms with Crippen LogP contribution in [0.25, 0.3) is 21.0 Å². The van der Waals surface area contributed by atoms with Crippen molar-refractivity contribution >= 4 is 38.3 Å². The zero-order valence-corrected chi connectivity index (χ0v) is 9.43. The van der Waals surface area contributed by atoms with Crippen LogP contribution in [0.3, 0.4) is 0 Å². The number of carbonyl (C=O) groups is 1. The van der Waals surface area contributed by atoms with Gasteiger partial charge in [0.25, 0.3) is 0 Å². The Bertz CT molecular complexity index is 681. The summed E-state index contributed by atoms with van der Waals surface area (Å²) in [6, 6.07) is 7.95. The number of ether oxygens (including phenoxy) is 1. The van der Waals surface area contributed by atoms with Crippen molar-refractivity contribution in [3.05, 3.63) is 35.3 Å². The second kappa shape index (κ2) is 3.35. The van der Waals surface area contributed by atoms with Crippen molar-refractivity contribution in [2.24, 2.45) is 0 Å². The molecule has 1 N–H and O–H groups in total. The minimum Gasteiger partial charge on any atom is -0.464 e. The number of hydrogen-bond acceptors (Lipinski definition) is 3. The van der Waals surface area contributed by atoms with E-state index in [0.29, 0.717) is 5.69 Å². The summed E-state index contributed by atoms with van der Waals surface area (Å²) in [6.07, 6.45) is 0. The van der Waals surface area contributed by atoms with Crippen LogP contribution >= 0.6 is 11.3 Å². The third-order valence-electron chi connectivity index (χ3n) is 2.62. The predicted molar refractivity (Wildman–Crippen MR) is 65.0 cm³/mol. The Morgan fingerprint density at radius 2 is 2.12 bits per heavy atom. The Balaban J connectivity index is 2.34. The SMILES string of the molecule is COC(=O)c1cc2ccc3ccsc3c2[nH]1. The van der Waals surface area contributed by atoms with Crippen LogP contribution in [0, 0.1) is 0 Å². The summed E-state index contributed by atoms with van der Waals surface area (Å²) in [5.41, 5.74) is 1.51. The van der Waals surface area contributed by atoms with Crippen molar-refractivity contribution in [2.75, 3.05) is 7.11 Å². The van der Waals surface area contributed by atoms with Gasteiger partial charge in [0.1, 0.15) is 5.69 Å². The molecule has 2 heterocycles. The van der Waals surface area contributed by atoms with Crippen LogP contribution in [-0.2, 0) is 4.74 Å². The molecule has 0 bridgehead atoms. The number of hydrogen-bond donors (Lipinski definition) is 1. The summed E-state index contributed by atoms with van der Waals surface area (Å²) in [4.78, 5) is 14.5. The second-order valence-electron chi connectivity index (χ2n) is 3.54. The fourth-order valence-corrected chi connectivity index (χ4v) is 2.75. The first-order valence-corrected chi connectivity index (χ1v) is 5.75. The van der Waals surface area contributed by atoms with E-state index >= 15 is 0 Å². The molecule has 2 aromatic heterocycles. The summed E-state index contributed by atoms with van der Waals surface area (Å²) in [6.45, 7) is 0. The first kappa shape index (κ1) is 9.42. The summed E-state index contributed by atoms with van der Waals surface area (Å²) in [5.74, 6) is -0.332. The molecule has 0 saturated heterocycles. The molecule has 0 fully saturated rings. The topological polar surface area (TPSA) is 42.1 Å². The summed E-state index contributed by atoms with van der Waals surface area (Å²) in [5, 5.41) is 4.27. The minimum absolute atomic E-state index is 0.332. The number of methoxy groups -OCH3 is 1. The zero-order valence-electron chi connectivity index (χ0n) is 8.61. The maximum atomic E-state index is 11.4. The number of rotatable bonds is 1. The first-order chi connectivity index (χ1) is 7.79. The Kier molecular flexibility index (Phi) is 1.97. The minimum atomic E-state index is -0.332. The maximum Gasteiger partial charge on any atom is 0.354 e. The molecule has 4 heteroatoms. The van der Waals surface area contributed by atoms with Gasteiger partial charge in [-0.15, -0.1) is 11.3 Å². The summed E-state index contributed by atoms with van der Waals surface area (Å²) < 4.78 is 5.87. The molecule has 3 rings (SSSR count). The van der Waals surface area contributed by atoms with Crippen LogP contribution in [0.15, 0.2) is 29.6 Å². The van der Waals surface area contributed by atoms with Crippen molar-refractivity contribution in [1.29, 1.82) is 0 Å². The molecule has 0 atom stereocenters. The van der Waals surface area contributed by atoms with E-state index in [9.17, 15) is 4.79 Å². The molecule has 0 aliphatic rings. The highest BCUT2D eigenvalue weighted by atomic mass is 32.1. The highest BCUT2D eigenvalue weighted by molar-refractivity contribution is 7.18. The normalized spacial score (nSPS) is 11.1. The van der Waals surface area contributed by atoms with E-state index in [2.05, 4.69) is 17.1 Å². The van der Waals surface area contributed by atoms with Crippen LogP contribution in [0.4, 0.5) is 0 Å².